The molecule has 0 spiro atoms. The zero-order valence-corrected chi connectivity index (χ0v) is 12.6. The number of nitrogens with one attached hydrogen (secondary N) is 1. The molecule has 0 saturated carbocycles. The van der Waals surface area contributed by atoms with Gasteiger partial charge in [-0.1, -0.05) is 0 Å². The van der Waals surface area contributed by atoms with E-state index in [1.807, 2.05) is 0 Å². The Morgan fingerprint density at radius 2 is 2.28 bits per heavy atom. The maximum atomic E-state index is 4.56. The maximum absolute atomic E-state index is 4.56. The van der Waals surface area contributed by atoms with Gasteiger partial charge in [0.05, 0.1) is 5.69 Å². The van der Waals surface area contributed by atoms with Gasteiger partial charge >= 0.3 is 0 Å². The van der Waals surface area contributed by atoms with E-state index in [4.69, 9.17) is 0 Å². The summed E-state index contributed by atoms with van der Waals surface area (Å²) >= 11 is 0. The van der Waals surface area contributed by atoms with Gasteiger partial charge in [-0.15, -0.1) is 12.4 Å². The van der Waals surface area contributed by atoms with Crippen molar-refractivity contribution in [1.82, 2.24) is 20.0 Å². The molecule has 1 saturated heterocycles. The summed E-state index contributed by atoms with van der Waals surface area (Å²) in [7, 11) is 2.21. The summed E-state index contributed by atoms with van der Waals surface area (Å²) in [4.78, 5) is 2.44. The summed E-state index contributed by atoms with van der Waals surface area (Å²) in [6.07, 6.45) is 3.45. The van der Waals surface area contributed by atoms with Crippen LogP contribution in [0.25, 0.3) is 0 Å². The molecule has 1 N–H and O–H groups in total. The highest BCUT2D eigenvalue weighted by atomic mass is 35.5. The van der Waals surface area contributed by atoms with Gasteiger partial charge in [-0.05, 0) is 40.8 Å². The van der Waals surface area contributed by atoms with Crippen molar-refractivity contribution in [3.63, 3.8) is 0 Å². The molecule has 1 aliphatic heterocycles. The summed E-state index contributed by atoms with van der Waals surface area (Å²) in [5.74, 6) is 0. The van der Waals surface area contributed by atoms with Crippen LogP contribution in [0.1, 0.15) is 37.6 Å². The minimum absolute atomic E-state index is 0. The number of halogens is 1. The molecule has 2 rings (SSSR count). The quantitative estimate of drug-likeness (QED) is 0.910. The fraction of sp³-hybridized carbons (Fsp3) is 0.769. The smallest absolute Gasteiger partial charge is 0.0638 e. The second-order valence-corrected chi connectivity index (χ2v) is 5.38. The first-order valence-electron chi connectivity index (χ1n) is 6.53. The first kappa shape index (κ1) is 15.5. The minimum Gasteiger partial charge on any atom is -0.315 e. The van der Waals surface area contributed by atoms with Crippen molar-refractivity contribution in [2.75, 3.05) is 20.1 Å². The Bertz CT molecular complexity index is 369. The first-order chi connectivity index (χ1) is 8.08. The van der Waals surface area contributed by atoms with Gasteiger partial charge in [0.15, 0.2) is 0 Å². The summed E-state index contributed by atoms with van der Waals surface area (Å²) in [6, 6.07) is 1.12. The average molecular weight is 273 g/mol. The Hall–Kier alpha value is -0.580. The molecule has 0 aliphatic carbocycles. The van der Waals surface area contributed by atoms with Gasteiger partial charge in [-0.25, -0.2) is 0 Å². The predicted molar refractivity (Wildman–Crippen MR) is 77.3 cm³/mol. The van der Waals surface area contributed by atoms with Crippen LogP contribution in [0.4, 0.5) is 0 Å². The lowest BCUT2D eigenvalue weighted by molar-refractivity contribution is 0.248. The fourth-order valence-corrected chi connectivity index (χ4v) is 2.35. The molecule has 1 atom stereocenters. The Morgan fingerprint density at radius 1 is 1.56 bits per heavy atom. The molecule has 1 fully saturated rings. The van der Waals surface area contributed by atoms with Crippen molar-refractivity contribution in [1.29, 1.82) is 0 Å². The minimum atomic E-state index is 0. The number of likely N-dealkylation sites (N-methyl/N-ethyl adjacent to an activating group) is 1. The maximum Gasteiger partial charge on any atom is 0.0638 e. The van der Waals surface area contributed by atoms with Crippen molar-refractivity contribution in [2.24, 2.45) is 0 Å². The third-order valence-corrected chi connectivity index (χ3v) is 3.62. The SMILES string of the molecule is Cc1nn(C(C)C)cc1CN(C)C1CCNC1.Cl. The number of aromatic nitrogens is 2. The summed E-state index contributed by atoms with van der Waals surface area (Å²) in [6.45, 7) is 9.72. The molecule has 1 aromatic heterocycles. The van der Waals surface area contributed by atoms with E-state index in [2.05, 4.69) is 54.0 Å². The monoisotopic (exact) mass is 272 g/mol. The largest absolute Gasteiger partial charge is 0.315 e. The lowest BCUT2D eigenvalue weighted by atomic mass is 10.2. The van der Waals surface area contributed by atoms with E-state index in [9.17, 15) is 0 Å². The normalized spacial score (nSPS) is 19.6. The molecule has 0 amide bonds. The number of hydrogen-bond donors (Lipinski definition) is 1. The van der Waals surface area contributed by atoms with E-state index >= 15 is 0 Å². The Kier molecular flexibility index (Phi) is 5.63. The van der Waals surface area contributed by atoms with Crippen LogP contribution < -0.4 is 5.32 Å². The van der Waals surface area contributed by atoms with E-state index < -0.39 is 0 Å². The topological polar surface area (TPSA) is 33.1 Å². The number of nitrogens with zero attached hydrogens (tertiary/aromatic N) is 3. The van der Waals surface area contributed by atoms with Crippen LogP contribution in [0.3, 0.4) is 0 Å². The van der Waals surface area contributed by atoms with E-state index in [-0.39, 0.29) is 12.4 Å². The molecular formula is C13H25ClN4. The molecule has 4 nitrogen and oxygen atoms in total. The van der Waals surface area contributed by atoms with E-state index in [0.717, 1.165) is 25.3 Å². The standard InChI is InChI=1S/C13H24N4.ClH/c1-10(2)17-9-12(11(3)15-17)8-16(4)13-5-6-14-7-13;/h9-10,13-14H,5-8H2,1-4H3;1H. The van der Waals surface area contributed by atoms with Crippen molar-refractivity contribution >= 4 is 12.4 Å². The third-order valence-electron chi connectivity index (χ3n) is 3.62. The molecule has 1 aromatic rings. The second-order valence-electron chi connectivity index (χ2n) is 5.38. The zero-order valence-electron chi connectivity index (χ0n) is 11.8. The Labute approximate surface area is 116 Å². The molecular weight excluding hydrogens is 248 g/mol. The van der Waals surface area contributed by atoms with Gasteiger partial charge in [0.1, 0.15) is 0 Å². The molecule has 1 unspecified atom stereocenters. The molecule has 0 aromatic carbocycles. The Morgan fingerprint density at radius 3 is 2.78 bits per heavy atom. The summed E-state index contributed by atoms with van der Waals surface area (Å²) < 4.78 is 2.06. The van der Waals surface area contributed by atoms with Gasteiger partial charge in [-0.2, -0.15) is 5.10 Å². The van der Waals surface area contributed by atoms with Crippen LogP contribution >= 0.6 is 12.4 Å². The predicted octanol–water partition coefficient (Wildman–Crippen LogP) is 1.99. The van der Waals surface area contributed by atoms with E-state index in [1.54, 1.807) is 0 Å². The molecule has 18 heavy (non-hydrogen) atoms. The van der Waals surface area contributed by atoms with Crippen LogP contribution in [-0.4, -0.2) is 40.9 Å². The lowest BCUT2D eigenvalue weighted by Gasteiger charge is -2.22. The highest BCUT2D eigenvalue weighted by molar-refractivity contribution is 5.85. The summed E-state index contributed by atoms with van der Waals surface area (Å²) in [5.41, 5.74) is 2.52. The zero-order chi connectivity index (χ0) is 12.4. The molecule has 1 aliphatic rings. The van der Waals surface area contributed by atoms with Gasteiger partial charge < -0.3 is 5.32 Å². The first-order valence-corrected chi connectivity index (χ1v) is 6.53. The van der Waals surface area contributed by atoms with Crippen LogP contribution in [0.2, 0.25) is 0 Å². The van der Waals surface area contributed by atoms with Crippen molar-refractivity contribution in [3.05, 3.63) is 17.5 Å². The fourth-order valence-electron chi connectivity index (χ4n) is 2.35. The van der Waals surface area contributed by atoms with E-state index in [1.165, 1.54) is 12.0 Å². The van der Waals surface area contributed by atoms with Crippen molar-refractivity contribution in [2.45, 2.75) is 45.8 Å². The van der Waals surface area contributed by atoms with Crippen LogP contribution in [0.15, 0.2) is 6.20 Å². The highest BCUT2D eigenvalue weighted by Gasteiger charge is 2.20. The molecule has 104 valence electrons. The van der Waals surface area contributed by atoms with Crippen molar-refractivity contribution < 1.29 is 0 Å². The van der Waals surface area contributed by atoms with Gasteiger partial charge in [0.2, 0.25) is 0 Å². The summed E-state index contributed by atoms with van der Waals surface area (Å²) in [5, 5.41) is 7.98. The number of hydrogen-bond acceptors (Lipinski definition) is 3. The molecule has 2 heterocycles. The lowest BCUT2D eigenvalue weighted by Crippen LogP contribution is -2.32. The second kappa shape index (κ2) is 6.55. The average Bonchev–Trinajstić information content (AvgIpc) is 2.88. The third kappa shape index (κ3) is 3.46. The molecule has 0 radical (unpaired) electrons. The Balaban J connectivity index is 0.00000162. The van der Waals surface area contributed by atoms with Gasteiger partial charge in [0, 0.05) is 36.9 Å². The molecule has 5 heteroatoms. The molecule has 0 bridgehead atoms. The van der Waals surface area contributed by atoms with Gasteiger partial charge in [-0.3, -0.25) is 9.58 Å². The van der Waals surface area contributed by atoms with Crippen molar-refractivity contribution in [3.8, 4) is 0 Å². The number of rotatable bonds is 4. The van der Waals surface area contributed by atoms with Crippen LogP contribution in [-0.2, 0) is 6.54 Å². The highest BCUT2D eigenvalue weighted by Crippen LogP contribution is 2.15. The van der Waals surface area contributed by atoms with E-state index in [0.29, 0.717) is 12.1 Å². The van der Waals surface area contributed by atoms with Gasteiger partial charge in [0.25, 0.3) is 0 Å². The number of aryl methyl sites for hydroxylation is 1. The van der Waals surface area contributed by atoms with Crippen LogP contribution in [0.5, 0.6) is 0 Å². The van der Waals surface area contributed by atoms with Crippen LogP contribution in [0, 0.1) is 6.92 Å².